The molecule has 0 saturated carbocycles. The van der Waals surface area contributed by atoms with Crippen molar-refractivity contribution in [2.45, 2.75) is 32.2 Å². The molecule has 1 aromatic rings. The van der Waals surface area contributed by atoms with E-state index in [2.05, 4.69) is 36.1 Å². The quantitative estimate of drug-likeness (QED) is 0.820. The van der Waals surface area contributed by atoms with Crippen LogP contribution in [0.2, 0.25) is 0 Å². The molecule has 0 bridgehead atoms. The summed E-state index contributed by atoms with van der Waals surface area (Å²) in [5.74, 6) is 0.802. The molecular formula is C18H26N2O3S. The zero-order chi connectivity index (χ0) is 17.2. The van der Waals surface area contributed by atoms with Gasteiger partial charge in [0.25, 0.3) is 0 Å². The standard InChI is InChI=1S/C18H26N2O3S/c1-15-2-4-16(5-3-15)6-7-18(21)20-11-9-19(10-12-20)17-8-13-24(22,23)14-17/h2-5,17H,6-14H2,1H3. The molecule has 24 heavy (non-hydrogen) atoms. The first-order chi connectivity index (χ1) is 11.4. The molecule has 2 aliphatic rings. The second-order valence-corrected chi connectivity index (χ2v) is 9.19. The molecule has 1 amide bonds. The molecule has 0 radical (unpaired) electrons. The first-order valence-electron chi connectivity index (χ1n) is 8.71. The Labute approximate surface area is 144 Å². The van der Waals surface area contributed by atoms with Crippen molar-refractivity contribution in [3.8, 4) is 0 Å². The van der Waals surface area contributed by atoms with E-state index >= 15 is 0 Å². The third kappa shape index (κ3) is 4.36. The lowest BCUT2D eigenvalue weighted by atomic mass is 10.1. The van der Waals surface area contributed by atoms with Crippen molar-refractivity contribution in [1.82, 2.24) is 9.80 Å². The van der Waals surface area contributed by atoms with Crippen LogP contribution in [-0.2, 0) is 21.1 Å². The van der Waals surface area contributed by atoms with Gasteiger partial charge in [-0.2, -0.15) is 0 Å². The Kier molecular flexibility index (Phi) is 5.25. The Bertz CT molecular complexity index is 677. The van der Waals surface area contributed by atoms with Crippen molar-refractivity contribution in [2.75, 3.05) is 37.7 Å². The fourth-order valence-electron chi connectivity index (χ4n) is 3.56. The number of benzene rings is 1. The van der Waals surface area contributed by atoms with Crippen molar-refractivity contribution >= 4 is 15.7 Å². The smallest absolute Gasteiger partial charge is 0.222 e. The van der Waals surface area contributed by atoms with E-state index in [1.807, 2.05) is 4.90 Å². The highest BCUT2D eigenvalue weighted by Crippen LogP contribution is 2.19. The van der Waals surface area contributed by atoms with Gasteiger partial charge in [0, 0.05) is 38.6 Å². The lowest BCUT2D eigenvalue weighted by Crippen LogP contribution is -2.52. The van der Waals surface area contributed by atoms with Crippen LogP contribution in [0.5, 0.6) is 0 Å². The maximum Gasteiger partial charge on any atom is 0.222 e. The van der Waals surface area contributed by atoms with Crippen LogP contribution in [0, 0.1) is 6.92 Å². The molecule has 0 aliphatic carbocycles. The maximum absolute atomic E-state index is 12.4. The van der Waals surface area contributed by atoms with Crippen LogP contribution >= 0.6 is 0 Å². The van der Waals surface area contributed by atoms with Gasteiger partial charge in [0.05, 0.1) is 11.5 Å². The zero-order valence-corrected chi connectivity index (χ0v) is 15.1. The second kappa shape index (κ2) is 7.23. The Hall–Kier alpha value is -1.40. The summed E-state index contributed by atoms with van der Waals surface area (Å²) in [6, 6.07) is 8.48. The van der Waals surface area contributed by atoms with Crippen LogP contribution in [0.15, 0.2) is 24.3 Å². The predicted molar refractivity (Wildman–Crippen MR) is 94.7 cm³/mol. The molecule has 2 saturated heterocycles. The highest BCUT2D eigenvalue weighted by Gasteiger charge is 2.34. The predicted octanol–water partition coefficient (Wildman–Crippen LogP) is 1.26. The van der Waals surface area contributed by atoms with Gasteiger partial charge in [-0.25, -0.2) is 8.42 Å². The molecule has 1 unspecified atom stereocenters. The Morgan fingerprint density at radius 3 is 2.38 bits per heavy atom. The SMILES string of the molecule is Cc1ccc(CCC(=O)N2CCN(C3CCS(=O)(=O)C3)CC2)cc1. The summed E-state index contributed by atoms with van der Waals surface area (Å²) in [6.45, 7) is 5.06. The molecule has 2 aliphatic heterocycles. The van der Waals surface area contributed by atoms with Crippen LogP contribution in [0.4, 0.5) is 0 Å². The summed E-state index contributed by atoms with van der Waals surface area (Å²) in [5, 5.41) is 0. The number of hydrogen-bond acceptors (Lipinski definition) is 4. The molecule has 1 aromatic carbocycles. The normalized spacial score (nSPS) is 24.2. The number of hydrogen-bond donors (Lipinski definition) is 0. The number of carbonyl (C=O) groups is 1. The Balaban J connectivity index is 1.44. The third-order valence-corrected chi connectivity index (χ3v) is 6.89. The fraction of sp³-hybridized carbons (Fsp3) is 0.611. The van der Waals surface area contributed by atoms with E-state index in [1.165, 1.54) is 11.1 Å². The summed E-state index contributed by atoms with van der Waals surface area (Å²) < 4.78 is 23.2. The third-order valence-electron chi connectivity index (χ3n) is 5.14. The van der Waals surface area contributed by atoms with Crippen LogP contribution in [-0.4, -0.2) is 67.9 Å². The number of amides is 1. The van der Waals surface area contributed by atoms with Crippen LogP contribution in [0.25, 0.3) is 0 Å². The average molecular weight is 350 g/mol. The lowest BCUT2D eigenvalue weighted by Gasteiger charge is -2.37. The topological polar surface area (TPSA) is 57.7 Å². The van der Waals surface area contributed by atoms with E-state index in [9.17, 15) is 13.2 Å². The summed E-state index contributed by atoms with van der Waals surface area (Å²) in [4.78, 5) is 16.6. The van der Waals surface area contributed by atoms with Gasteiger partial charge in [0.2, 0.25) is 5.91 Å². The Morgan fingerprint density at radius 2 is 1.79 bits per heavy atom. The van der Waals surface area contributed by atoms with Gasteiger partial charge in [-0.05, 0) is 25.3 Å². The molecule has 2 fully saturated rings. The number of piperazine rings is 1. The number of aryl methyl sites for hydroxylation is 2. The summed E-state index contributed by atoms with van der Waals surface area (Å²) in [7, 11) is -2.84. The van der Waals surface area contributed by atoms with E-state index < -0.39 is 9.84 Å². The first kappa shape index (κ1) is 17.4. The van der Waals surface area contributed by atoms with Crippen LogP contribution in [0.3, 0.4) is 0 Å². The molecule has 5 nitrogen and oxygen atoms in total. The van der Waals surface area contributed by atoms with Crippen LogP contribution in [0.1, 0.15) is 24.0 Å². The van der Waals surface area contributed by atoms with Crippen molar-refractivity contribution in [2.24, 2.45) is 0 Å². The average Bonchev–Trinajstić information content (AvgIpc) is 2.94. The highest BCUT2D eigenvalue weighted by molar-refractivity contribution is 7.91. The highest BCUT2D eigenvalue weighted by atomic mass is 32.2. The number of carbonyl (C=O) groups excluding carboxylic acids is 1. The largest absolute Gasteiger partial charge is 0.340 e. The minimum absolute atomic E-state index is 0.153. The van der Waals surface area contributed by atoms with Gasteiger partial charge >= 0.3 is 0 Å². The van der Waals surface area contributed by atoms with Gasteiger partial charge in [-0.3, -0.25) is 9.69 Å². The minimum Gasteiger partial charge on any atom is -0.340 e. The molecule has 0 spiro atoms. The van der Waals surface area contributed by atoms with Crippen molar-refractivity contribution in [3.63, 3.8) is 0 Å². The number of nitrogens with zero attached hydrogens (tertiary/aromatic N) is 2. The molecule has 0 N–H and O–H groups in total. The summed E-state index contributed by atoms with van der Waals surface area (Å²) >= 11 is 0. The second-order valence-electron chi connectivity index (χ2n) is 6.96. The number of rotatable bonds is 4. The molecule has 132 valence electrons. The Morgan fingerprint density at radius 1 is 1.12 bits per heavy atom. The zero-order valence-electron chi connectivity index (χ0n) is 14.3. The van der Waals surface area contributed by atoms with E-state index in [0.29, 0.717) is 25.3 Å². The van der Waals surface area contributed by atoms with Gasteiger partial charge in [0.1, 0.15) is 0 Å². The van der Waals surface area contributed by atoms with Gasteiger partial charge < -0.3 is 4.90 Å². The minimum atomic E-state index is -2.84. The number of sulfone groups is 1. The van der Waals surface area contributed by atoms with E-state index in [-0.39, 0.29) is 17.7 Å². The molecule has 6 heteroatoms. The molecule has 2 heterocycles. The van der Waals surface area contributed by atoms with Crippen molar-refractivity contribution in [1.29, 1.82) is 0 Å². The maximum atomic E-state index is 12.4. The van der Waals surface area contributed by atoms with Crippen LogP contribution < -0.4 is 0 Å². The summed E-state index contributed by atoms with van der Waals surface area (Å²) in [5.41, 5.74) is 2.43. The van der Waals surface area contributed by atoms with E-state index in [4.69, 9.17) is 0 Å². The summed E-state index contributed by atoms with van der Waals surface area (Å²) in [6.07, 6.45) is 2.06. The van der Waals surface area contributed by atoms with Gasteiger partial charge in [-0.1, -0.05) is 29.8 Å². The fourth-order valence-corrected chi connectivity index (χ4v) is 5.33. The molecule has 1 atom stereocenters. The van der Waals surface area contributed by atoms with Crippen molar-refractivity contribution < 1.29 is 13.2 Å². The van der Waals surface area contributed by atoms with Crippen molar-refractivity contribution in [3.05, 3.63) is 35.4 Å². The lowest BCUT2D eigenvalue weighted by molar-refractivity contribution is -0.133. The van der Waals surface area contributed by atoms with Gasteiger partial charge in [-0.15, -0.1) is 0 Å². The monoisotopic (exact) mass is 350 g/mol. The van der Waals surface area contributed by atoms with E-state index in [1.54, 1.807) is 0 Å². The first-order valence-corrected chi connectivity index (χ1v) is 10.5. The molecule has 0 aromatic heterocycles. The molecule has 3 rings (SSSR count). The van der Waals surface area contributed by atoms with Gasteiger partial charge in [0.15, 0.2) is 9.84 Å². The van der Waals surface area contributed by atoms with E-state index in [0.717, 1.165) is 25.9 Å². The molecular weight excluding hydrogens is 324 g/mol.